The number of rotatable bonds is 8. The molecule has 25 heavy (non-hydrogen) atoms. The van der Waals surface area contributed by atoms with Gasteiger partial charge in [0.2, 0.25) is 5.91 Å². The van der Waals surface area contributed by atoms with Crippen molar-refractivity contribution in [3.05, 3.63) is 64.1 Å². The number of ether oxygens (including phenoxy) is 2. The predicted molar refractivity (Wildman–Crippen MR) is 101 cm³/mol. The first-order valence-corrected chi connectivity index (χ1v) is 8.53. The molecular formula is C19H20BrNO4. The molecule has 0 fully saturated rings. The summed E-state index contributed by atoms with van der Waals surface area (Å²) in [6.07, 6.45) is 3.08. The third kappa shape index (κ3) is 6.25. The van der Waals surface area contributed by atoms with Crippen LogP contribution < -0.4 is 14.8 Å². The predicted octanol–water partition coefficient (Wildman–Crippen LogP) is 3.16. The first kappa shape index (κ1) is 19.0. The van der Waals surface area contributed by atoms with E-state index in [2.05, 4.69) is 21.2 Å². The van der Waals surface area contributed by atoms with Gasteiger partial charge in [0.1, 0.15) is 6.61 Å². The van der Waals surface area contributed by atoms with Crippen molar-refractivity contribution in [1.82, 2.24) is 5.32 Å². The highest BCUT2D eigenvalue weighted by Crippen LogP contribution is 2.29. The summed E-state index contributed by atoms with van der Waals surface area (Å²) in [4.78, 5) is 11.5. The van der Waals surface area contributed by atoms with Crippen LogP contribution in [-0.2, 0) is 11.4 Å². The lowest BCUT2D eigenvalue weighted by Gasteiger charge is -2.11. The lowest BCUT2D eigenvalue weighted by Crippen LogP contribution is -2.24. The van der Waals surface area contributed by atoms with Gasteiger partial charge in [-0.1, -0.05) is 34.1 Å². The molecule has 0 unspecified atom stereocenters. The highest BCUT2D eigenvalue weighted by atomic mass is 79.9. The van der Waals surface area contributed by atoms with Crippen LogP contribution in [0.3, 0.4) is 0 Å². The van der Waals surface area contributed by atoms with E-state index < -0.39 is 0 Å². The molecule has 0 saturated carbocycles. The Hall–Kier alpha value is -2.31. The fraction of sp³-hybridized carbons (Fsp3) is 0.211. The van der Waals surface area contributed by atoms with Crippen LogP contribution >= 0.6 is 15.9 Å². The fourth-order valence-electron chi connectivity index (χ4n) is 2.06. The average molecular weight is 406 g/mol. The van der Waals surface area contributed by atoms with Gasteiger partial charge >= 0.3 is 0 Å². The zero-order valence-corrected chi connectivity index (χ0v) is 15.5. The maximum absolute atomic E-state index is 11.5. The van der Waals surface area contributed by atoms with Crippen LogP contribution in [-0.4, -0.2) is 31.3 Å². The number of amides is 1. The number of aliphatic hydroxyl groups excluding tert-OH is 1. The molecule has 5 nitrogen and oxygen atoms in total. The molecule has 0 aliphatic carbocycles. The van der Waals surface area contributed by atoms with Crippen LogP contribution in [0.1, 0.15) is 11.1 Å². The van der Waals surface area contributed by atoms with Crippen molar-refractivity contribution in [2.45, 2.75) is 6.61 Å². The number of benzene rings is 2. The second-order valence-electron chi connectivity index (χ2n) is 5.17. The molecule has 132 valence electrons. The van der Waals surface area contributed by atoms with Gasteiger partial charge in [-0.15, -0.1) is 0 Å². The quantitative estimate of drug-likeness (QED) is 0.661. The molecule has 0 spiro atoms. The number of methoxy groups -OCH3 is 1. The van der Waals surface area contributed by atoms with Gasteiger partial charge in [0, 0.05) is 17.1 Å². The van der Waals surface area contributed by atoms with Crippen LogP contribution in [0.5, 0.6) is 11.5 Å². The molecule has 1 amide bonds. The number of carbonyl (C=O) groups excluding carboxylic acids is 1. The van der Waals surface area contributed by atoms with Gasteiger partial charge < -0.3 is 19.9 Å². The summed E-state index contributed by atoms with van der Waals surface area (Å²) in [5.74, 6) is 0.964. The van der Waals surface area contributed by atoms with Crippen LogP contribution in [0.4, 0.5) is 0 Å². The van der Waals surface area contributed by atoms with E-state index in [1.165, 1.54) is 6.08 Å². The third-order valence-electron chi connectivity index (χ3n) is 3.33. The molecule has 0 saturated heterocycles. The van der Waals surface area contributed by atoms with Gasteiger partial charge in [-0.05, 0) is 41.5 Å². The summed E-state index contributed by atoms with van der Waals surface area (Å²) in [6.45, 7) is 0.579. The zero-order valence-electron chi connectivity index (χ0n) is 13.9. The van der Waals surface area contributed by atoms with E-state index in [1.54, 1.807) is 19.3 Å². The maximum atomic E-state index is 11.5. The molecule has 0 aromatic heterocycles. The van der Waals surface area contributed by atoms with Crippen LogP contribution in [0, 0.1) is 0 Å². The number of aliphatic hydroxyl groups is 1. The minimum atomic E-state index is -0.261. The second kappa shape index (κ2) is 9.86. The molecule has 0 heterocycles. The Labute approximate surface area is 155 Å². The maximum Gasteiger partial charge on any atom is 0.244 e. The van der Waals surface area contributed by atoms with Crippen LogP contribution in [0.2, 0.25) is 0 Å². The highest BCUT2D eigenvalue weighted by molar-refractivity contribution is 9.10. The van der Waals surface area contributed by atoms with E-state index in [-0.39, 0.29) is 19.1 Å². The first-order valence-electron chi connectivity index (χ1n) is 7.74. The van der Waals surface area contributed by atoms with E-state index in [4.69, 9.17) is 14.6 Å². The van der Waals surface area contributed by atoms with Crippen molar-refractivity contribution in [1.29, 1.82) is 0 Å². The van der Waals surface area contributed by atoms with Gasteiger partial charge in [-0.25, -0.2) is 0 Å². The Morgan fingerprint density at radius 2 is 1.96 bits per heavy atom. The van der Waals surface area contributed by atoms with Crippen LogP contribution in [0.25, 0.3) is 6.08 Å². The summed E-state index contributed by atoms with van der Waals surface area (Å²) in [7, 11) is 1.57. The number of hydrogen-bond donors (Lipinski definition) is 2. The molecular weight excluding hydrogens is 386 g/mol. The average Bonchev–Trinajstić information content (AvgIpc) is 2.64. The minimum absolute atomic E-state index is 0.0855. The Morgan fingerprint density at radius 3 is 2.64 bits per heavy atom. The van der Waals surface area contributed by atoms with E-state index in [1.807, 2.05) is 36.4 Å². The van der Waals surface area contributed by atoms with Crippen molar-refractivity contribution >= 4 is 27.9 Å². The van der Waals surface area contributed by atoms with Crippen molar-refractivity contribution < 1.29 is 19.4 Å². The number of halogens is 1. The van der Waals surface area contributed by atoms with E-state index in [9.17, 15) is 4.79 Å². The largest absolute Gasteiger partial charge is 0.493 e. The van der Waals surface area contributed by atoms with Crippen molar-refractivity contribution in [3.63, 3.8) is 0 Å². The zero-order chi connectivity index (χ0) is 18.1. The van der Waals surface area contributed by atoms with Gasteiger partial charge in [0.15, 0.2) is 11.5 Å². The van der Waals surface area contributed by atoms with E-state index in [0.717, 1.165) is 15.6 Å². The minimum Gasteiger partial charge on any atom is -0.493 e. The molecule has 2 rings (SSSR count). The monoisotopic (exact) mass is 405 g/mol. The molecule has 0 bridgehead atoms. The topological polar surface area (TPSA) is 67.8 Å². The number of carbonyl (C=O) groups is 1. The smallest absolute Gasteiger partial charge is 0.244 e. The molecule has 6 heteroatoms. The third-order valence-corrected chi connectivity index (χ3v) is 3.86. The summed E-state index contributed by atoms with van der Waals surface area (Å²) < 4.78 is 12.2. The van der Waals surface area contributed by atoms with Crippen LogP contribution in [0.15, 0.2) is 53.0 Å². The van der Waals surface area contributed by atoms with Crippen molar-refractivity contribution in [2.75, 3.05) is 20.3 Å². The SMILES string of the molecule is COc1cc(/C=C/C(=O)NCCO)ccc1OCc1ccc(Br)cc1. The van der Waals surface area contributed by atoms with Gasteiger partial charge in [0.25, 0.3) is 0 Å². The van der Waals surface area contributed by atoms with Crippen molar-refractivity contribution in [3.8, 4) is 11.5 Å². The second-order valence-corrected chi connectivity index (χ2v) is 6.09. The Morgan fingerprint density at radius 1 is 1.20 bits per heavy atom. The Kier molecular flexibility index (Phi) is 7.50. The standard InChI is InChI=1S/C19H20BrNO4/c1-24-18-12-14(5-9-19(23)21-10-11-22)4-8-17(18)25-13-15-2-6-16(20)7-3-15/h2-9,12,22H,10-11,13H2,1H3,(H,21,23)/b9-5+. The lowest BCUT2D eigenvalue weighted by molar-refractivity contribution is -0.116. The number of nitrogens with one attached hydrogen (secondary N) is 1. The summed E-state index contributed by atoms with van der Waals surface area (Å²) in [5.41, 5.74) is 1.86. The fourth-order valence-corrected chi connectivity index (χ4v) is 2.32. The molecule has 0 aliphatic rings. The van der Waals surface area contributed by atoms with Gasteiger partial charge in [0.05, 0.1) is 13.7 Å². The summed E-state index contributed by atoms with van der Waals surface area (Å²) >= 11 is 3.40. The Balaban J connectivity index is 2.01. The molecule has 2 aromatic carbocycles. The van der Waals surface area contributed by atoms with Gasteiger partial charge in [-0.2, -0.15) is 0 Å². The molecule has 2 N–H and O–H groups in total. The van der Waals surface area contributed by atoms with E-state index in [0.29, 0.717) is 18.1 Å². The lowest BCUT2D eigenvalue weighted by atomic mass is 10.2. The Bertz CT molecular complexity index is 729. The summed E-state index contributed by atoms with van der Waals surface area (Å²) in [5, 5.41) is 11.2. The van der Waals surface area contributed by atoms with Gasteiger partial charge in [-0.3, -0.25) is 4.79 Å². The normalized spacial score (nSPS) is 10.7. The first-order chi connectivity index (χ1) is 12.1. The molecule has 0 radical (unpaired) electrons. The number of hydrogen-bond acceptors (Lipinski definition) is 4. The van der Waals surface area contributed by atoms with E-state index >= 15 is 0 Å². The highest BCUT2D eigenvalue weighted by Gasteiger charge is 2.06. The molecule has 0 atom stereocenters. The summed E-state index contributed by atoms with van der Waals surface area (Å²) in [6, 6.07) is 13.3. The van der Waals surface area contributed by atoms with Crippen molar-refractivity contribution in [2.24, 2.45) is 0 Å². The molecule has 0 aliphatic heterocycles. The molecule has 2 aromatic rings.